The minimum absolute atomic E-state index is 0.0329. The van der Waals surface area contributed by atoms with E-state index in [1.807, 2.05) is 42.5 Å². The van der Waals surface area contributed by atoms with Crippen LogP contribution in [0.15, 0.2) is 182 Å². The lowest BCUT2D eigenvalue weighted by molar-refractivity contribution is 0.103. The molecule has 0 saturated heterocycles. The van der Waals surface area contributed by atoms with Gasteiger partial charge in [0.25, 0.3) is 0 Å². The predicted octanol–water partition coefficient (Wildman–Crippen LogP) is 13.7. The highest BCUT2D eigenvalue weighted by molar-refractivity contribution is 6.25. The molecule has 0 aromatic heterocycles. The normalized spacial score (nSPS) is 12.9. The van der Waals surface area contributed by atoms with Gasteiger partial charge in [-0.25, -0.2) is 0 Å². The van der Waals surface area contributed by atoms with Crippen LogP contribution in [-0.4, -0.2) is 5.78 Å². The first-order valence-electron chi connectivity index (χ1n) is 18.4. The zero-order valence-corrected chi connectivity index (χ0v) is 29.7. The van der Waals surface area contributed by atoms with Gasteiger partial charge >= 0.3 is 0 Å². The van der Waals surface area contributed by atoms with E-state index in [-0.39, 0.29) is 11.2 Å². The van der Waals surface area contributed by atoms with Gasteiger partial charge in [-0.2, -0.15) is 0 Å². The van der Waals surface area contributed by atoms with Crippen molar-refractivity contribution in [2.45, 2.75) is 19.3 Å². The van der Waals surface area contributed by atoms with Crippen LogP contribution in [0.2, 0.25) is 0 Å². The van der Waals surface area contributed by atoms with Crippen molar-refractivity contribution >= 4 is 38.1 Å². The fraction of sp³-hybridized carbons (Fsp3) is 0.0577. The molecule has 1 aliphatic carbocycles. The summed E-state index contributed by atoms with van der Waals surface area (Å²) in [5, 5.41) is 7.45. The second-order valence-corrected chi connectivity index (χ2v) is 14.8. The third-order valence-electron chi connectivity index (χ3n) is 11.5. The monoisotopic (exact) mass is 676 g/mol. The van der Waals surface area contributed by atoms with E-state index in [1.165, 1.54) is 76.8 Å². The van der Waals surface area contributed by atoms with Gasteiger partial charge in [0.1, 0.15) is 0 Å². The highest BCUT2D eigenvalue weighted by atomic mass is 16.1. The Morgan fingerprint density at radius 1 is 0.358 bits per heavy atom. The molecule has 0 radical (unpaired) electrons. The molecule has 0 atom stereocenters. The van der Waals surface area contributed by atoms with Gasteiger partial charge in [-0.15, -0.1) is 0 Å². The molecule has 0 bridgehead atoms. The van der Waals surface area contributed by atoms with Gasteiger partial charge in [0.05, 0.1) is 0 Å². The molecule has 250 valence electrons. The van der Waals surface area contributed by atoms with E-state index in [0.717, 1.165) is 11.1 Å². The fourth-order valence-corrected chi connectivity index (χ4v) is 8.89. The van der Waals surface area contributed by atoms with E-state index in [2.05, 4.69) is 153 Å². The zero-order chi connectivity index (χ0) is 35.7. The van der Waals surface area contributed by atoms with Crippen LogP contribution in [0, 0.1) is 0 Å². The summed E-state index contributed by atoms with van der Waals surface area (Å²) in [5.41, 5.74) is 13.8. The van der Waals surface area contributed by atoms with Gasteiger partial charge in [0, 0.05) is 16.5 Å². The molecule has 1 aliphatic rings. The number of fused-ring (bicyclic) bond motifs is 7. The van der Waals surface area contributed by atoms with E-state index in [4.69, 9.17) is 0 Å². The molecule has 0 aliphatic heterocycles. The number of hydrogen-bond acceptors (Lipinski definition) is 1. The Morgan fingerprint density at radius 2 is 0.887 bits per heavy atom. The zero-order valence-electron chi connectivity index (χ0n) is 29.7. The van der Waals surface area contributed by atoms with E-state index in [1.54, 1.807) is 0 Å². The van der Waals surface area contributed by atoms with Crippen molar-refractivity contribution in [1.82, 2.24) is 0 Å². The summed E-state index contributed by atoms with van der Waals surface area (Å²) < 4.78 is 0. The van der Waals surface area contributed by atoms with Crippen LogP contribution in [0.5, 0.6) is 0 Å². The molecule has 1 nitrogen and oxygen atoms in total. The maximum atomic E-state index is 13.3. The second kappa shape index (κ2) is 12.0. The van der Waals surface area contributed by atoms with Gasteiger partial charge in [-0.05, 0) is 100 Å². The molecule has 9 aromatic rings. The van der Waals surface area contributed by atoms with Crippen LogP contribution in [-0.2, 0) is 5.41 Å². The molecule has 0 heterocycles. The number of carbonyl (C=O) groups is 1. The van der Waals surface area contributed by atoms with E-state index >= 15 is 0 Å². The summed E-state index contributed by atoms with van der Waals surface area (Å²) >= 11 is 0. The molecular formula is C52H36O. The minimum Gasteiger partial charge on any atom is -0.289 e. The summed E-state index contributed by atoms with van der Waals surface area (Å²) in [6.45, 7) is 4.74. The molecule has 0 spiro atoms. The van der Waals surface area contributed by atoms with Gasteiger partial charge in [-0.3, -0.25) is 4.79 Å². The van der Waals surface area contributed by atoms with Crippen LogP contribution in [0.25, 0.3) is 76.8 Å². The summed E-state index contributed by atoms with van der Waals surface area (Å²) in [5.74, 6) is 0.0329. The lowest BCUT2D eigenvalue weighted by atomic mass is 9.78. The van der Waals surface area contributed by atoms with Gasteiger partial charge < -0.3 is 0 Å². The summed E-state index contributed by atoms with van der Waals surface area (Å²) in [4.78, 5) is 13.3. The number of ketones is 1. The number of hydrogen-bond donors (Lipinski definition) is 0. The summed E-state index contributed by atoms with van der Waals surface area (Å²) in [6.07, 6.45) is 0. The van der Waals surface area contributed by atoms with Crippen LogP contribution in [0.3, 0.4) is 0 Å². The molecule has 0 N–H and O–H groups in total. The lowest BCUT2D eigenvalue weighted by Crippen LogP contribution is -2.15. The number of benzene rings is 9. The second-order valence-electron chi connectivity index (χ2n) is 14.8. The lowest BCUT2D eigenvalue weighted by Gasteiger charge is -2.24. The third-order valence-corrected chi connectivity index (χ3v) is 11.5. The molecule has 0 saturated carbocycles. The summed E-state index contributed by atoms with van der Waals surface area (Å²) in [6, 6.07) is 64.6. The van der Waals surface area contributed by atoms with Crippen LogP contribution < -0.4 is 0 Å². The Morgan fingerprint density at radius 3 is 1.60 bits per heavy atom. The van der Waals surface area contributed by atoms with Gasteiger partial charge in [-0.1, -0.05) is 184 Å². The summed E-state index contributed by atoms with van der Waals surface area (Å²) in [7, 11) is 0. The maximum absolute atomic E-state index is 13.3. The Bertz CT molecular complexity index is 2900. The van der Waals surface area contributed by atoms with E-state index in [9.17, 15) is 4.79 Å². The Hall–Kier alpha value is -6.57. The fourth-order valence-electron chi connectivity index (χ4n) is 8.89. The van der Waals surface area contributed by atoms with Crippen molar-refractivity contribution in [2.24, 2.45) is 0 Å². The van der Waals surface area contributed by atoms with Gasteiger partial charge in [0.15, 0.2) is 5.78 Å². The predicted molar refractivity (Wildman–Crippen MR) is 223 cm³/mol. The molecule has 0 fully saturated rings. The van der Waals surface area contributed by atoms with Crippen molar-refractivity contribution in [1.29, 1.82) is 0 Å². The van der Waals surface area contributed by atoms with Crippen LogP contribution >= 0.6 is 0 Å². The van der Waals surface area contributed by atoms with Crippen molar-refractivity contribution < 1.29 is 4.79 Å². The first-order valence-corrected chi connectivity index (χ1v) is 18.4. The molecule has 0 amide bonds. The van der Waals surface area contributed by atoms with Crippen molar-refractivity contribution in [3.63, 3.8) is 0 Å². The standard InChI is InChI=1S/C52H36O/c1-52(2)46-24-14-13-23-43(46)50-39-20-10-9-19-38(39)45(32-47(50)52)49-41-22-12-11-21-40(41)48(34-15-5-3-6-16-34)42-30-29-37(31-44(42)49)33-25-27-36(28-26-33)51(53)35-17-7-4-8-18-35/h3-32H,1-2H3. The molecule has 1 heteroatoms. The number of carbonyl (C=O) groups excluding carboxylic acids is 1. The van der Waals surface area contributed by atoms with E-state index in [0.29, 0.717) is 11.1 Å². The van der Waals surface area contributed by atoms with Gasteiger partial charge in [0.2, 0.25) is 0 Å². The first kappa shape index (κ1) is 31.2. The first-order chi connectivity index (χ1) is 26.0. The molecule has 53 heavy (non-hydrogen) atoms. The average molecular weight is 677 g/mol. The molecular weight excluding hydrogens is 641 g/mol. The quantitative estimate of drug-likeness (QED) is 0.131. The SMILES string of the molecule is CC1(C)c2ccccc2-c2c1cc(-c1c3ccccc3c(-c3ccccc3)c3ccc(-c4ccc(C(=O)c5ccccc5)cc4)cc13)c1ccccc21. The highest BCUT2D eigenvalue weighted by Crippen LogP contribution is 2.55. The minimum atomic E-state index is -0.148. The van der Waals surface area contributed by atoms with E-state index < -0.39 is 0 Å². The Balaban J connectivity index is 1.27. The molecule has 10 rings (SSSR count). The van der Waals surface area contributed by atoms with Crippen LogP contribution in [0.4, 0.5) is 0 Å². The molecule has 9 aromatic carbocycles. The van der Waals surface area contributed by atoms with Crippen molar-refractivity contribution in [2.75, 3.05) is 0 Å². The smallest absolute Gasteiger partial charge is 0.193 e. The third kappa shape index (κ3) is 4.81. The maximum Gasteiger partial charge on any atom is 0.193 e. The van der Waals surface area contributed by atoms with Crippen molar-refractivity contribution in [3.8, 4) is 44.5 Å². The van der Waals surface area contributed by atoms with Crippen molar-refractivity contribution in [3.05, 3.63) is 204 Å². The average Bonchev–Trinajstić information content (AvgIpc) is 3.45. The Labute approximate surface area is 309 Å². The Kier molecular flexibility index (Phi) is 7.06. The largest absolute Gasteiger partial charge is 0.289 e. The van der Waals surface area contributed by atoms with Crippen LogP contribution in [0.1, 0.15) is 40.9 Å². The number of rotatable bonds is 5. The topological polar surface area (TPSA) is 17.1 Å². The highest BCUT2D eigenvalue weighted by Gasteiger charge is 2.37. The molecule has 0 unspecified atom stereocenters.